The standard InChI is InChI=1S/C13H16FN3OS/c1-2-9(7-15)13-16-12(17-18-13)8-19-11-6-4-3-5-10(11)14/h3-6,9H,2,7-8,15H2,1H3. The monoisotopic (exact) mass is 281 g/mol. The van der Waals surface area contributed by atoms with Crippen molar-refractivity contribution in [3.05, 3.63) is 41.8 Å². The highest BCUT2D eigenvalue weighted by atomic mass is 32.2. The van der Waals surface area contributed by atoms with Gasteiger partial charge in [-0.1, -0.05) is 24.2 Å². The third-order valence-electron chi connectivity index (χ3n) is 2.80. The van der Waals surface area contributed by atoms with Crippen molar-refractivity contribution >= 4 is 11.8 Å². The Labute approximate surface area is 115 Å². The van der Waals surface area contributed by atoms with Crippen LogP contribution in [-0.2, 0) is 5.75 Å². The fraction of sp³-hybridized carbons (Fsp3) is 0.385. The van der Waals surface area contributed by atoms with Gasteiger partial charge in [0.2, 0.25) is 5.89 Å². The molecule has 2 N–H and O–H groups in total. The summed E-state index contributed by atoms with van der Waals surface area (Å²) in [5.74, 6) is 1.47. The summed E-state index contributed by atoms with van der Waals surface area (Å²) in [4.78, 5) is 4.88. The molecule has 6 heteroatoms. The molecule has 1 unspecified atom stereocenters. The molecule has 0 aliphatic rings. The molecule has 0 fully saturated rings. The Bertz CT molecular complexity index is 528. The van der Waals surface area contributed by atoms with Gasteiger partial charge in [-0.3, -0.25) is 0 Å². The van der Waals surface area contributed by atoms with Gasteiger partial charge in [0, 0.05) is 11.4 Å². The zero-order valence-corrected chi connectivity index (χ0v) is 11.5. The molecule has 19 heavy (non-hydrogen) atoms. The molecule has 0 amide bonds. The number of benzene rings is 1. The van der Waals surface area contributed by atoms with Gasteiger partial charge in [-0.2, -0.15) is 4.98 Å². The maximum absolute atomic E-state index is 13.4. The van der Waals surface area contributed by atoms with Crippen LogP contribution in [0.1, 0.15) is 31.0 Å². The SMILES string of the molecule is CCC(CN)c1nc(CSc2ccccc2F)no1. The van der Waals surface area contributed by atoms with Gasteiger partial charge in [0.25, 0.3) is 0 Å². The van der Waals surface area contributed by atoms with Crippen molar-refractivity contribution in [1.82, 2.24) is 10.1 Å². The molecule has 1 aromatic heterocycles. The number of hydrogen-bond acceptors (Lipinski definition) is 5. The quantitative estimate of drug-likeness (QED) is 0.825. The van der Waals surface area contributed by atoms with E-state index in [2.05, 4.69) is 10.1 Å². The number of halogens is 1. The van der Waals surface area contributed by atoms with Gasteiger partial charge in [-0.25, -0.2) is 4.39 Å². The first-order valence-corrected chi connectivity index (χ1v) is 7.13. The molecule has 0 saturated heterocycles. The Morgan fingerprint density at radius 1 is 1.42 bits per heavy atom. The molecular weight excluding hydrogens is 265 g/mol. The molecule has 4 nitrogen and oxygen atoms in total. The van der Waals surface area contributed by atoms with Crippen LogP contribution < -0.4 is 5.73 Å². The minimum absolute atomic E-state index is 0.0970. The van der Waals surface area contributed by atoms with E-state index in [0.717, 1.165) is 6.42 Å². The van der Waals surface area contributed by atoms with Crippen LogP contribution in [0, 0.1) is 5.82 Å². The Kier molecular flexibility index (Phi) is 4.93. The molecule has 1 atom stereocenters. The lowest BCUT2D eigenvalue weighted by Gasteiger charge is -2.04. The fourth-order valence-electron chi connectivity index (χ4n) is 1.64. The number of hydrogen-bond donors (Lipinski definition) is 1. The van der Waals surface area contributed by atoms with Crippen LogP contribution in [0.25, 0.3) is 0 Å². The third kappa shape index (κ3) is 3.54. The summed E-state index contributed by atoms with van der Waals surface area (Å²) in [6.07, 6.45) is 0.860. The highest BCUT2D eigenvalue weighted by molar-refractivity contribution is 7.98. The topological polar surface area (TPSA) is 64.9 Å². The Balaban J connectivity index is 1.99. The maximum Gasteiger partial charge on any atom is 0.231 e. The fourth-order valence-corrected chi connectivity index (χ4v) is 2.42. The van der Waals surface area contributed by atoms with E-state index in [-0.39, 0.29) is 11.7 Å². The van der Waals surface area contributed by atoms with Crippen molar-refractivity contribution in [2.75, 3.05) is 6.54 Å². The minimum atomic E-state index is -0.232. The molecule has 102 valence electrons. The molecule has 1 heterocycles. The summed E-state index contributed by atoms with van der Waals surface area (Å²) < 4.78 is 18.6. The summed E-state index contributed by atoms with van der Waals surface area (Å²) >= 11 is 1.35. The second kappa shape index (κ2) is 6.68. The molecular formula is C13H16FN3OS. The predicted octanol–water partition coefficient (Wildman–Crippen LogP) is 2.95. The first-order chi connectivity index (χ1) is 9.24. The third-order valence-corrected chi connectivity index (χ3v) is 3.85. The summed E-state index contributed by atoms with van der Waals surface area (Å²) in [7, 11) is 0. The van der Waals surface area contributed by atoms with Crippen molar-refractivity contribution in [3.63, 3.8) is 0 Å². The van der Waals surface area contributed by atoms with Crippen molar-refractivity contribution in [1.29, 1.82) is 0 Å². The van der Waals surface area contributed by atoms with E-state index in [1.807, 2.05) is 6.92 Å². The van der Waals surface area contributed by atoms with E-state index in [9.17, 15) is 4.39 Å². The van der Waals surface area contributed by atoms with Crippen molar-refractivity contribution in [2.45, 2.75) is 29.9 Å². The summed E-state index contributed by atoms with van der Waals surface area (Å²) in [5.41, 5.74) is 5.63. The lowest BCUT2D eigenvalue weighted by molar-refractivity contribution is 0.348. The summed E-state index contributed by atoms with van der Waals surface area (Å²) in [5, 5.41) is 3.89. The number of aromatic nitrogens is 2. The molecule has 0 aliphatic carbocycles. The zero-order valence-electron chi connectivity index (χ0n) is 10.7. The highest BCUT2D eigenvalue weighted by Crippen LogP contribution is 2.25. The van der Waals surface area contributed by atoms with Crippen molar-refractivity contribution < 1.29 is 8.91 Å². The Morgan fingerprint density at radius 2 is 2.21 bits per heavy atom. The molecule has 2 aromatic rings. The van der Waals surface area contributed by atoms with Crippen molar-refractivity contribution in [2.24, 2.45) is 5.73 Å². The van der Waals surface area contributed by atoms with Gasteiger partial charge in [0.05, 0.1) is 11.7 Å². The van der Waals surface area contributed by atoms with E-state index in [4.69, 9.17) is 10.3 Å². The second-order valence-electron chi connectivity index (χ2n) is 4.11. The molecule has 0 aliphatic heterocycles. The van der Waals surface area contributed by atoms with E-state index < -0.39 is 0 Å². The van der Waals surface area contributed by atoms with Crippen LogP contribution in [0.15, 0.2) is 33.7 Å². The largest absolute Gasteiger partial charge is 0.339 e. The lowest BCUT2D eigenvalue weighted by Crippen LogP contribution is -2.11. The minimum Gasteiger partial charge on any atom is -0.339 e. The van der Waals surface area contributed by atoms with E-state index in [1.54, 1.807) is 18.2 Å². The number of rotatable bonds is 6. The predicted molar refractivity (Wildman–Crippen MR) is 72.3 cm³/mol. The van der Waals surface area contributed by atoms with Gasteiger partial charge in [-0.05, 0) is 18.6 Å². The molecule has 1 aromatic carbocycles. The number of nitrogens with two attached hydrogens (primary N) is 1. The number of thioether (sulfide) groups is 1. The van der Waals surface area contributed by atoms with Gasteiger partial charge >= 0.3 is 0 Å². The Morgan fingerprint density at radius 3 is 2.89 bits per heavy atom. The zero-order chi connectivity index (χ0) is 13.7. The molecule has 0 bridgehead atoms. The van der Waals surface area contributed by atoms with Gasteiger partial charge in [0.1, 0.15) is 5.82 Å². The molecule has 0 spiro atoms. The van der Waals surface area contributed by atoms with Crippen LogP contribution >= 0.6 is 11.8 Å². The van der Waals surface area contributed by atoms with Crippen LogP contribution in [0.5, 0.6) is 0 Å². The Hall–Kier alpha value is -1.40. The van der Waals surface area contributed by atoms with E-state index in [0.29, 0.717) is 28.9 Å². The summed E-state index contributed by atoms with van der Waals surface area (Å²) in [6, 6.07) is 6.63. The first-order valence-electron chi connectivity index (χ1n) is 6.14. The van der Waals surface area contributed by atoms with Crippen LogP contribution in [-0.4, -0.2) is 16.7 Å². The first kappa shape index (κ1) is 14.0. The second-order valence-corrected chi connectivity index (χ2v) is 5.13. The average Bonchev–Trinajstić information content (AvgIpc) is 2.88. The normalized spacial score (nSPS) is 12.6. The van der Waals surface area contributed by atoms with Crippen LogP contribution in [0.3, 0.4) is 0 Å². The van der Waals surface area contributed by atoms with E-state index in [1.165, 1.54) is 17.8 Å². The molecule has 2 rings (SSSR count). The van der Waals surface area contributed by atoms with Crippen LogP contribution in [0.4, 0.5) is 4.39 Å². The number of nitrogens with zero attached hydrogens (tertiary/aromatic N) is 2. The van der Waals surface area contributed by atoms with Gasteiger partial charge in [-0.15, -0.1) is 11.8 Å². The maximum atomic E-state index is 13.4. The highest BCUT2D eigenvalue weighted by Gasteiger charge is 2.15. The smallest absolute Gasteiger partial charge is 0.231 e. The van der Waals surface area contributed by atoms with Gasteiger partial charge < -0.3 is 10.3 Å². The van der Waals surface area contributed by atoms with E-state index >= 15 is 0 Å². The molecule has 0 radical (unpaired) electrons. The molecule has 0 saturated carbocycles. The van der Waals surface area contributed by atoms with Gasteiger partial charge in [0.15, 0.2) is 5.82 Å². The summed E-state index contributed by atoms with van der Waals surface area (Å²) in [6.45, 7) is 2.51. The van der Waals surface area contributed by atoms with Crippen molar-refractivity contribution in [3.8, 4) is 0 Å². The lowest BCUT2D eigenvalue weighted by atomic mass is 10.1. The van der Waals surface area contributed by atoms with Crippen LogP contribution in [0.2, 0.25) is 0 Å². The average molecular weight is 281 g/mol.